The third-order valence-electron chi connectivity index (χ3n) is 3.83. The molecule has 5 heteroatoms. The van der Waals surface area contributed by atoms with Gasteiger partial charge in [0.05, 0.1) is 26.1 Å². The minimum atomic E-state index is 0.334. The number of furan rings is 1. The summed E-state index contributed by atoms with van der Waals surface area (Å²) in [4.78, 5) is 4.48. The van der Waals surface area contributed by atoms with Crippen molar-refractivity contribution in [1.82, 2.24) is 15.1 Å². The molecule has 21 heavy (non-hydrogen) atoms. The molecule has 0 radical (unpaired) electrons. The summed E-state index contributed by atoms with van der Waals surface area (Å²) < 4.78 is 5.42. The molecular weight excluding hydrogens is 282 g/mol. The molecule has 0 saturated carbocycles. The van der Waals surface area contributed by atoms with E-state index in [-0.39, 0.29) is 0 Å². The molecule has 1 aromatic carbocycles. The van der Waals surface area contributed by atoms with Crippen LogP contribution in [0.5, 0.6) is 0 Å². The zero-order valence-corrected chi connectivity index (χ0v) is 12.8. The molecule has 1 aliphatic rings. The highest BCUT2D eigenvalue weighted by Crippen LogP contribution is 2.21. The third kappa shape index (κ3) is 3.25. The van der Waals surface area contributed by atoms with Gasteiger partial charge in [0.15, 0.2) is 5.11 Å². The molecule has 1 fully saturated rings. The largest absolute Gasteiger partial charge is 0.467 e. The van der Waals surface area contributed by atoms with Gasteiger partial charge in [-0.15, -0.1) is 0 Å². The van der Waals surface area contributed by atoms with E-state index in [1.54, 1.807) is 6.26 Å². The van der Waals surface area contributed by atoms with Crippen LogP contribution >= 0.6 is 12.2 Å². The summed E-state index contributed by atoms with van der Waals surface area (Å²) in [6, 6.07) is 14.7. The molecule has 1 aliphatic heterocycles. The maximum atomic E-state index is 5.42. The fourth-order valence-electron chi connectivity index (χ4n) is 2.53. The lowest BCUT2D eigenvalue weighted by Gasteiger charge is -2.40. The van der Waals surface area contributed by atoms with Gasteiger partial charge in [-0.25, -0.2) is 0 Å². The van der Waals surface area contributed by atoms with Crippen molar-refractivity contribution in [2.45, 2.75) is 19.5 Å². The summed E-state index contributed by atoms with van der Waals surface area (Å²) in [7, 11) is 0. The Bertz CT molecular complexity index is 585. The second-order valence-electron chi connectivity index (χ2n) is 5.23. The average molecular weight is 301 g/mol. The van der Waals surface area contributed by atoms with E-state index in [1.807, 2.05) is 18.2 Å². The second kappa shape index (κ2) is 6.28. The molecule has 2 aromatic rings. The van der Waals surface area contributed by atoms with Gasteiger partial charge in [-0.2, -0.15) is 0 Å². The lowest BCUT2D eigenvalue weighted by molar-refractivity contribution is 0.105. The number of hydrogen-bond acceptors (Lipinski definition) is 3. The van der Waals surface area contributed by atoms with Crippen LogP contribution in [-0.2, 0) is 6.54 Å². The molecule has 1 atom stereocenters. The van der Waals surface area contributed by atoms with E-state index in [0.717, 1.165) is 24.2 Å². The minimum Gasteiger partial charge on any atom is -0.467 e. The fraction of sp³-hybridized carbons (Fsp3) is 0.312. The molecule has 110 valence electrons. The Kier molecular flexibility index (Phi) is 4.22. The Hall–Kier alpha value is -1.85. The first-order chi connectivity index (χ1) is 10.2. The zero-order valence-electron chi connectivity index (χ0n) is 12.0. The number of thiocarbonyl (C=S) groups is 1. The molecule has 1 saturated heterocycles. The minimum absolute atomic E-state index is 0.334. The summed E-state index contributed by atoms with van der Waals surface area (Å²) in [6.07, 6.45) is 1.69. The van der Waals surface area contributed by atoms with E-state index < -0.39 is 0 Å². The number of hydrogen-bond donors (Lipinski definition) is 1. The highest BCUT2D eigenvalue weighted by Gasteiger charge is 2.25. The summed E-state index contributed by atoms with van der Waals surface area (Å²) in [6.45, 7) is 4.47. The Balaban J connectivity index is 1.69. The van der Waals surface area contributed by atoms with Gasteiger partial charge in [-0.1, -0.05) is 30.3 Å². The van der Waals surface area contributed by atoms with Crippen LogP contribution in [0.25, 0.3) is 0 Å². The van der Waals surface area contributed by atoms with Crippen molar-refractivity contribution in [3.63, 3.8) is 0 Å². The van der Waals surface area contributed by atoms with E-state index >= 15 is 0 Å². The molecule has 0 amide bonds. The van der Waals surface area contributed by atoms with Crippen LogP contribution in [0.4, 0.5) is 0 Å². The normalized spacial score (nSPS) is 17.6. The quantitative estimate of drug-likeness (QED) is 0.878. The van der Waals surface area contributed by atoms with Gasteiger partial charge in [0.25, 0.3) is 0 Å². The van der Waals surface area contributed by atoms with Crippen LogP contribution in [0.2, 0.25) is 0 Å². The van der Waals surface area contributed by atoms with Crippen LogP contribution in [0.3, 0.4) is 0 Å². The maximum Gasteiger partial charge on any atom is 0.171 e. The predicted octanol–water partition coefficient (Wildman–Crippen LogP) is 2.95. The highest BCUT2D eigenvalue weighted by molar-refractivity contribution is 7.80. The first kappa shape index (κ1) is 14.1. The van der Waals surface area contributed by atoms with Gasteiger partial charge in [-0.3, -0.25) is 4.90 Å². The van der Waals surface area contributed by atoms with Gasteiger partial charge in [0.2, 0.25) is 0 Å². The summed E-state index contributed by atoms with van der Waals surface area (Å²) >= 11 is 5.40. The van der Waals surface area contributed by atoms with E-state index in [2.05, 4.69) is 46.3 Å². The van der Waals surface area contributed by atoms with E-state index in [1.165, 1.54) is 5.56 Å². The molecule has 0 aliphatic carbocycles. The van der Waals surface area contributed by atoms with Gasteiger partial charge < -0.3 is 14.6 Å². The zero-order chi connectivity index (χ0) is 14.7. The van der Waals surface area contributed by atoms with Crippen LogP contribution in [-0.4, -0.2) is 28.2 Å². The summed E-state index contributed by atoms with van der Waals surface area (Å²) in [5.41, 5.74) is 1.31. The van der Waals surface area contributed by atoms with Crippen molar-refractivity contribution in [1.29, 1.82) is 0 Å². The van der Waals surface area contributed by atoms with Crippen molar-refractivity contribution < 1.29 is 4.42 Å². The van der Waals surface area contributed by atoms with Crippen LogP contribution in [0, 0.1) is 0 Å². The van der Waals surface area contributed by atoms with E-state index in [4.69, 9.17) is 16.6 Å². The number of benzene rings is 1. The van der Waals surface area contributed by atoms with Crippen molar-refractivity contribution in [2.24, 2.45) is 0 Å². The molecule has 0 bridgehead atoms. The van der Waals surface area contributed by atoms with Crippen molar-refractivity contribution >= 4 is 17.3 Å². The molecule has 1 N–H and O–H groups in total. The summed E-state index contributed by atoms with van der Waals surface area (Å²) in [5.74, 6) is 0.924. The topological polar surface area (TPSA) is 31.6 Å². The standard InChI is InChI=1S/C16H19N3OS/c1-13(14-6-3-2-4-7-14)19-11-17-16(21)18(12-19)10-15-8-5-9-20-15/h2-9,13H,10-12H2,1H3,(H,17,21)/t13-/m1/s1. The van der Waals surface area contributed by atoms with E-state index in [9.17, 15) is 0 Å². The number of nitrogens with zero attached hydrogens (tertiary/aromatic N) is 2. The van der Waals surface area contributed by atoms with Gasteiger partial charge in [0, 0.05) is 6.04 Å². The Morgan fingerprint density at radius 3 is 2.76 bits per heavy atom. The van der Waals surface area contributed by atoms with Crippen molar-refractivity contribution in [3.05, 3.63) is 60.1 Å². The first-order valence-corrected chi connectivity index (χ1v) is 7.49. The van der Waals surface area contributed by atoms with Crippen LogP contribution in [0.15, 0.2) is 53.1 Å². The van der Waals surface area contributed by atoms with Crippen LogP contribution in [0.1, 0.15) is 24.3 Å². The Morgan fingerprint density at radius 1 is 1.24 bits per heavy atom. The average Bonchev–Trinajstić information content (AvgIpc) is 3.03. The fourth-order valence-corrected chi connectivity index (χ4v) is 2.72. The lowest BCUT2D eigenvalue weighted by atomic mass is 10.1. The molecule has 1 aromatic heterocycles. The predicted molar refractivity (Wildman–Crippen MR) is 86.4 cm³/mol. The Morgan fingerprint density at radius 2 is 2.05 bits per heavy atom. The molecular formula is C16H19N3OS. The monoisotopic (exact) mass is 301 g/mol. The first-order valence-electron chi connectivity index (χ1n) is 7.08. The summed E-state index contributed by atoms with van der Waals surface area (Å²) in [5, 5.41) is 4.07. The number of nitrogens with one attached hydrogen (secondary N) is 1. The van der Waals surface area contributed by atoms with Crippen LogP contribution < -0.4 is 5.32 Å². The van der Waals surface area contributed by atoms with E-state index in [0.29, 0.717) is 12.6 Å². The highest BCUT2D eigenvalue weighted by atomic mass is 32.1. The molecule has 3 rings (SSSR count). The lowest BCUT2D eigenvalue weighted by Crippen LogP contribution is -2.56. The Labute approximate surface area is 130 Å². The molecule has 0 spiro atoms. The maximum absolute atomic E-state index is 5.42. The van der Waals surface area contributed by atoms with Gasteiger partial charge >= 0.3 is 0 Å². The smallest absolute Gasteiger partial charge is 0.171 e. The SMILES string of the molecule is C[C@H](c1ccccc1)N1CNC(=S)N(Cc2ccco2)C1. The molecule has 0 unspecified atom stereocenters. The molecule has 4 nitrogen and oxygen atoms in total. The van der Waals surface area contributed by atoms with Gasteiger partial charge in [-0.05, 0) is 36.8 Å². The second-order valence-corrected chi connectivity index (χ2v) is 5.62. The van der Waals surface area contributed by atoms with Crippen molar-refractivity contribution in [3.8, 4) is 0 Å². The molecule has 2 heterocycles. The van der Waals surface area contributed by atoms with Gasteiger partial charge in [0.1, 0.15) is 5.76 Å². The van der Waals surface area contributed by atoms with Crippen molar-refractivity contribution in [2.75, 3.05) is 13.3 Å². The number of rotatable bonds is 4. The third-order valence-corrected chi connectivity index (χ3v) is 4.23.